The van der Waals surface area contributed by atoms with Crippen LogP contribution in [0.15, 0.2) is 22.7 Å². The molecule has 1 atom stereocenters. The zero-order valence-electron chi connectivity index (χ0n) is 12.4. The first-order chi connectivity index (χ1) is 9.53. The van der Waals surface area contributed by atoms with Crippen LogP contribution in [-0.4, -0.2) is 12.6 Å². The molecule has 1 unspecified atom stereocenters. The first-order valence-electron chi connectivity index (χ1n) is 7.72. The Balaban J connectivity index is 1.69. The number of hydrogen-bond donors (Lipinski definition) is 1. The van der Waals surface area contributed by atoms with E-state index in [0.29, 0.717) is 17.5 Å². The second-order valence-electron chi connectivity index (χ2n) is 6.98. The average Bonchev–Trinajstić information content (AvgIpc) is 2.42. The Hall–Kier alpha value is -0.540. The topological polar surface area (TPSA) is 21.3 Å². The van der Waals surface area contributed by atoms with Crippen LogP contribution in [0.4, 0.5) is 0 Å². The van der Waals surface area contributed by atoms with Crippen LogP contribution >= 0.6 is 15.9 Å². The molecule has 1 aromatic rings. The smallest absolute Gasteiger partial charge is 0.124 e. The van der Waals surface area contributed by atoms with Gasteiger partial charge < -0.3 is 10.1 Å². The lowest BCUT2D eigenvalue weighted by Crippen LogP contribution is -2.39. The zero-order valence-corrected chi connectivity index (χ0v) is 14.0. The fraction of sp³-hybridized carbons (Fsp3) is 0.647. The highest BCUT2D eigenvalue weighted by molar-refractivity contribution is 9.10. The fourth-order valence-electron chi connectivity index (χ4n) is 3.39. The molecule has 2 aliphatic rings. The van der Waals surface area contributed by atoms with E-state index in [-0.39, 0.29) is 0 Å². The quantitative estimate of drug-likeness (QED) is 0.834. The van der Waals surface area contributed by atoms with E-state index in [1.165, 1.54) is 31.2 Å². The van der Waals surface area contributed by atoms with Crippen LogP contribution in [0.25, 0.3) is 0 Å². The Morgan fingerprint density at radius 3 is 2.70 bits per heavy atom. The summed E-state index contributed by atoms with van der Waals surface area (Å²) in [6, 6.07) is 7.46. The van der Waals surface area contributed by atoms with E-state index in [4.69, 9.17) is 4.74 Å². The molecule has 1 aliphatic heterocycles. The van der Waals surface area contributed by atoms with Crippen LogP contribution in [0.1, 0.15) is 57.6 Å². The summed E-state index contributed by atoms with van der Waals surface area (Å²) in [7, 11) is 0. The minimum Gasteiger partial charge on any atom is -0.493 e. The molecule has 2 nitrogen and oxygen atoms in total. The van der Waals surface area contributed by atoms with E-state index in [2.05, 4.69) is 53.3 Å². The van der Waals surface area contributed by atoms with Crippen molar-refractivity contribution in [2.45, 2.75) is 58.0 Å². The van der Waals surface area contributed by atoms with Crippen molar-refractivity contribution in [2.24, 2.45) is 5.41 Å². The molecule has 20 heavy (non-hydrogen) atoms. The summed E-state index contributed by atoms with van der Waals surface area (Å²) in [4.78, 5) is 0. The molecule has 1 fully saturated rings. The average molecular weight is 338 g/mol. The van der Waals surface area contributed by atoms with Crippen LogP contribution in [0.2, 0.25) is 0 Å². The predicted octanol–water partition coefficient (Wildman–Crippen LogP) is 4.83. The van der Waals surface area contributed by atoms with Crippen LogP contribution in [0.5, 0.6) is 5.75 Å². The molecule has 3 rings (SSSR count). The molecule has 1 aliphatic carbocycles. The summed E-state index contributed by atoms with van der Waals surface area (Å²) in [5.74, 6) is 1.05. The van der Waals surface area contributed by atoms with Crippen molar-refractivity contribution < 1.29 is 4.74 Å². The number of ether oxygens (including phenoxy) is 1. The molecule has 3 heteroatoms. The molecule has 1 aromatic carbocycles. The van der Waals surface area contributed by atoms with Gasteiger partial charge in [-0.05, 0) is 49.3 Å². The van der Waals surface area contributed by atoms with Crippen molar-refractivity contribution in [3.05, 3.63) is 28.2 Å². The van der Waals surface area contributed by atoms with Gasteiger partial charge in [0, 0.05) is 28.5 Å². The predicted molar refractivity (Wildman–Crippen MR) is 86.2 cm³/mol. The summed E-state index contributed by atoms with van der Waals surface area (Å²) < 4.78 is 6.91. The van der Waals surface area contributed by atoms with Crippen LogP contribution in [0, 0.1) is 5.41 Å². The van der Waals surface area contributed by atoms with Gasteiger partial charge in [0.05, 0.1) is 6.61 Å². The lowest BCUT2D eigenvalue weighted by atomic mass is 9.75. The van der Waals surface area contributed by atoms with Gasteiger partial charge in [0.15, 0.2) is 0 Å². The lowest BCUT2D eigenvalue weighted by Gasteiger charge is -2.37. The molecule has 0 amide bonds. The Morgan fingerprint density at radius 2 is 1.95 bits per heavy atom. The van der Waals surface area contributed by atoms with E-state index in [1.54, 1.807) is 0 Å². The second-order valence-corrected chi connectivity index (χ2v) is 7.89. The third kappa shape index (κ3) is 3.20. The number of hydrogen-bond acceptors (Lipinski definition) is 2. The van der Waals surface area contributed by atoms with Gasteiger partial charge in [-0.2, -0.15) is 0 Å². The third-order valence-electron chi connectivity index (χ3n) is 4.79. The van der Waals surface area contributed by atoms with Gasteiger partial charge in [-0.25, -0.2) is 0 Å². The highest BCUT2D eigenvalue weighted by Crippen LogP contribution is 2.38. The maximum atomic E-state index is 5.77. The fourth-order valence-corrected chi connectivity index (χ4v) is 3.77. The van der Waals surface area contributed by atoms with Crippen molar-refractivity contribution >= 4 is 15.9 Å². The van der Waals surface area contributed by atoms with Gasteiger partial charge in [0.1, 0.15) is 5.75 Å². The monoisotopic (exact) mass is 337 g/mol. The Labute approximate surface area is 130 Å². The standard InChI is InChI=1S/C17H24BrNO/c1-17(2)8-5-13(6-9-17)19-15-7-10-20-16-4-3-12(18)11-14(15)16/h3-4,11,13,15,19H,5-10H2,1-2H3. The molecule has 110 valence electrons. The van der Waals surface area contributed by atoms with Crippen LogP contribution in [-0.2, 0) is 0 Å². The summed E-state index contributed by atoms with van der Waals surface area (Å²) in [6.07, 6.45) is 6.34. The van der Waals surface area contributed by atoms with E-state index in [9.17, 15) is 0 Å². The van der Waals surface area contributed by atoms with E-state index < -0.39 is 0 Å². The number of fused-ring (bicyclic) bond motifs is 1. The first-order valence-corrected chi connectivity index (χ1v) is 8.51. The number of benzene rings is 1. The summed E-state index contributed by atoms with van der Waals surface area (Å²) in [5.41, 5.74) is 1.85. The molecular formula is C17H24BrNO. The van der Waals surface area contributed by atoms with Gasteiger partial charge >= 0.3 is 0 Å². The van der Waals surface area contributed by atoms with E-state index in [1.807, 2.05) is 0 Å². The molecule has 1 heterocycles. The maximum absolute atomic E-state index is 5.77. The largest absolute Gasteiger partial charge is 0.493 e. The van der Waals surface area contributed by atoms with Crippen molar-refractivity contribution in [2.75, 3.05) is 6.61 Å². The van der Waals surface area contributed by atoms with Crippen molar-refractivity contribution in [1.82, 2.24) is 5.32 Å². The molecule has 0 spiro atoms. The molecular weight excluding hydrogens is 314 g/mol. The van der Waals surface area contributed by atoms with Crippen molar-refractivity contribution in [3.63, 3.8) is 0 Å². The summed E-state index contributed by atoms with van der Waals surface area (Å²) in [6.45, 7) is 5.61. The molecule has 0 radical (unpaired) electrons. The van der Waals surface area contributed by atoms with Gasteiger partial charge in [0.2, 0.25) is 0 Å². The van der Waals surface area contributed by atoms with E-state index in [0.717, 1.165) is 23.2 Å². The van der Waals surface area contributed by atoms with Gasteiger partial charge in [-0.1, -0.05) is 29.8 Å². The highest BCUT2D eigenvalue weighted by atomic mass is 79.9. The van der Waals surface area contributed by atoms with Gasteiger partial charge in [-0.15, -0.1) is 0 Å². The maximum Gasteiger partial charge on any atom is 0.124 e. The van der Waals surface area contributed by atoms with Crippen LogP contribution < -0.4 is 10.1 Å². The number of rotatable bonds is 2. The summed E-state index contributed by atoms with van der Waals surface area (Å²) >= 11 is 3.57. The molecule has 1 N–H and O–H groups in total. The van der Waals surface area contributed by atoms with Crippen molar-refractivity contribution in [3.8, 4) is 5.75 Å². The Kier molecular flexibility index (Phi) is 4.09. The zero-order chi connectivity index (χ0) is 14.2. The van der Waals surface area contributed by atoms with Gasteiger partial charge in [-0.3, -0.25) is 0 Å². The normalized spacial score (nSPS) is 25.9. The number of halogens is 1. The van der Waals surface area contributed by atoms with E-state index >= 15 is 0 Å². The molecule has 0 aromatic heterocycles. The first kappa shape index (κ1) is 14.4. The highest BCUT2D eigenvalue weighted by Gasteiger charge is 2.30. The Bertz CT molecular complexity index is 476. The minimum atomic E-state index is 0.447. The SMILES string of the molecule is CC1(C)CCC(NC2CCOc3ccc(Br)cc32)CC1. The van der Waals surface area contributed by atoms with Gasteiger partial charge in [0.25, 0.3) is 0 Å². The number of nitrogens with one attached hydrogen (secondary N) is 1. The lowest BCUT2D eigenvalue weighted by molar-refractivity contribution is 0.182. The summed E-state index contributed by atoms with van der Waals surface area (Å²) in [5, 5.41) is 3.88. The second kappa shape index (κ2) is 5.69. The molecule has 1 saturated carbocycles. The van der Waals surface area contributed by atoms with Crippen molar-refractivity contribution in [1.29, 1.82) is 0 Å². The minimum absolute atomic E-state index is 0.447. The molecule has 0 saturated heterocycles. The molecule has 0 bridgehead atoms. The third-order valence-corrected chi connectivity index (χ3v) is 5.28. The Morgan fingerprint density at radius 1 is 1.20 bits per heavy atom. The van der Waals surface area contributed by atoms with Crippen LogP contribution in [0.3, 0.4) is 0 Å².